The van der Waals surface area contributed by atoms with Gasteiger partial charge in [0.2, 0.25) is 5.88 Å². The Balaban J connectivity index is 2.14. The minimum Gasteiger partial charge on any atom is -0.481 e. The van der Waals surface area contributed by atoms with Gasteiger partial charge in [0.15, 0.2) is 5.78 Å². The van der Waals surface area contributed by atoms with E-state index in [9.17, 15) is 9.18 Å². The SMILES string of the molecule is COc1ccc(/C=C/C(=O)c2ccccc2F)cn1. The Bertz CT molecular complexity index is 606. The number of carbonyl (C=O) groups is 1. The molecule has 0 aliphatic carbocycles. The predicted molar refractivity (Wildman–Crippen MR) is 70.6 cm³/mol. The molecule has 0 bridgehead atoms. The van der Waals surface area contributed by atoms with Gasteiger partial charge in [0.25, 0.3) is 0 Å². The number of benzene rings is 1. The molecule has 0 aliphatic rings. The van der Waals surface area contributed by atoms with E-state index in [4.69, 9.17) is 4.74 Å². The summed E-state index contributed by atoms with van der Waals surface area (Å²) in [5.74, 6) is -0.406. The highest BCUT2D eigenvalue weighted by atomic mass is 19.1. The molecule has 19 heavy (non-hydrogen) atoms. The minimum absolute atomic E-state index is 0.0558. The van der Waals surface area contributed by atoms with Gasteiger partial charge in [-0.05, 0) is 35.9 Å². The van der Waals surface area contributed by atoms with Crippen LogP contribution in [0.5, 0.6) is 5.88 Å². The van der Waals surface area contributed by atoms with Crippen molar-refractivity contribution in [3.63, 3.8) is 0 Å². The highest BCUT2D eigenvalue weighted by molar-refractivity contribution is 6.06. The van der Waals surface area contributed by atoms with Crippen LogP contribution in [0.1, 0.15) is 15.9 Å². The number of carbonyl (C=O) groups excluding carboxylic acids is 1. The van der Waals surface area contributed by atoms with Crippen molar-refractivity contribution in [2.24, 2.45) is 0 Å². The van der Waals surface area contributed by atoms with Crippen LogP contribution in [0, 0.1) is 5.82 Å². The molecular weight excluding hydrogens is 245 g/mol. The molecule has 0 saturated heterocycles. The summed E-state index contributed by atoms with van der Waals surface area (Å²) in [6.07, 6.45) is 4.48. The van der Waals surface area contributed by atoms with Crippen molar-refractivity contribution >= 4 is 11.9 Å². The van der Waals surface area contributed by atoms with Gasteiger partial charge in [0, 0.05) is 12.3 Å². The highest BCUT2D eigenvalue weighted by Crippen LogP contribution is 2.11. The van der Waals surface area contributed by atoms with Crippen LogP contribution in [-0.2, 0) is 0 Å². The number of ketones is 1. The number of ether oxygens (including phenoxy) is 1. The Morgan fingerprint density at radius 1 is 1.26 bits per heavy atom. The first-order chi connectivity index (χ1) is 9.20. The zero-order chi connectivity index (χ0) is 13.7. The van der Waals surface area contributed by atoms with Crippen LogP contribution in [0.25, 0.3) is 6.08 Å². The van der Waals surface area contributed by atoms with Crippen LogP contribution >= 0.6 is 0 Å². The molecule has 0 N–H and O–H groups in total. The van der Waals surface area contributed by atoms with Crippen molar-refractivity contribution in [3.05, 3.63) is 65.6 Å². The Labute approximate surface area is 110 Å². The Hall–Kier alpha value is -2.49. The van der Waals surface area contributed by atoms with E-state index >= 15 is 0 Å². The van der Waals surface area contributed by atoms with E-state index in [0.717, 1.165) is 5.56 Å². The van der Waals surface area contributed by atoms with Crippen LogP contribution in [0.15, 0.2) is 48.7 Å². The van der Waals surface area contributed by atoms with E-state index in [1.807, 2.05) is 0 Å². The van der Waals surface area contributed by atoms with Crippen molar-refractivity contribution in [1.82, 2.24) is 4.98 Å². The zero-order valence-corrected chi connectivity index (χ0v) is 10.3. The standard InChI is InChI=1S/C15H12FNO2/c1-19-15-9-7-11(10-17-15)6-8-14(18)12-4-2-3-5-13(12)16/h2-10H,1H3/b8-6+. The maximum atomic E-state index is 13.4. The molecule has 1 aromatic carbocycles. The molecule has 0 amide bonds. The van der Waals surface area contributed by atoms with E-state index < -0.39 is 5.82 Å². The fourth-order valence-electron chi connectivity index (χ4n) is 1.53. The van der Waals surface area contributed by atoms with Gasteiger partial charge in [-0.2, -0.15) is 0 Å². The summed E-state index contributed by atoms with van der Waals surface area (Å²) in [5, 5.41) is 0. The molecule has 4 heteroatoms. The van der Waals surface area contributed by atoms with Crippen molar-refractivity contribution < 1.29 is 13.9 Å². The van der Waals surface area contributed by atoms with Crippen LogP contribution in [0.4, 0.5) is 4.39 Å². The molecule has 0 spiro atoms. The summed E-state index contributed by atoms with van der Waals surface area (Å²) in [4.78, 5) is 15.8. The summed E-state index contributed by atoms with van der Waals surface area (Å²) in [5.41, 5.74) is 0.797. The minimum atomic E-state index is -0.523. The largest absolute Gasteiger partial charge is 0.481 e. The molecule has 2 rings (SSSR count). The first-order valence-corrected chi connectivity index (χ1v) is 5.67. The second-order valence-electron chi connectivity index (χ2n) is 3.81. The number of methoxy groups -OCH3 is 1. The number of allylic oxidation sites excluding steroid dienone is 1. The van der Waals surface area contributed by atoms with Gasteiger partial charge in [0.1, 0.15) is 5.82 Å². The summed E-state index contributed by atoms with van der Waals surface area (Å²) in [6, 6.07) is 9.33. The van der Waals surface area contributed by atoms with E-state index in [0.29, 0.717) is 5.88 Å². The number of aromatic nitrogens is 1. The predicted octanol–water partition coefficient (Wildman–Crippen LogP) is 3.13. The van der Waals surface area contributed by atoms with Crippen LogP contribution in [-0.4, -0.2) is 17.9 Å². The number of halogens is 1. The van der Waals surface area contributed by atoms with Gasteiger partial charge in [-0.1, -0.05) is 12.1 Å². The first-order valence-electron chi connectivity index (χ1n) is 5.67. The maximum absolute atomic E-state index is 13.4. The van der Waals surface area contributed by atoms with Gasteiger partial charge in [-0.25, -0.2) is 9.37 Å². The number of pyridine rings is 1. The van der Waals surface area contributed by atoms with E-state index in [2.05, 4.69) is 4.98 Å². The first kappa shape index (κ1) is 13.0. The summed E-state index contributed by atoms with van der Waals surface area (Å²) in [6.45, 7) is 0. The lowest BCUT2D eigenvalue weighted by atomic mass is 10.1. The lowest BCUT2D eigenvalue weighted by Crippen LogP contribution is -1.97. The van der Waals surface area contributed by atoms with Crippen molar-refractivity contribution in [2.75, 3.05) is 7.11 Å². The lowest BCUT2D eigenvalue weighted by Gasteiger charge is -1.99. The van der Waals surface area contributed by atoms with Gasteiger partial charge in [-0.3, -0.25) is 4.79 Å². The molecule has 1 aromatic heterocycles. The third-order valence-electron chi connectivity index (χ3n) is 2.53. The zero-order valence-electron chi connectivity index (χ0n) is 10.3. The van der Waals surface area contributed by atoms with Crippen molar-refractivity contribution in [3.8, 4) is 5.88 Å². The monoisotopic (exact) mass is 257 g/mol. The average molecular weight is 257 g/mol. The molecular formula is C15H12FNO2. The van der Waals surface area contributed by atoms with E-state index in [1.54, 1.807) is 36.5 Å². The van der Waals surface area contributed by atoms with Crippen LogP contribution < -0.4 is 4.74 Å². The average Bonchev–Trinajstić information content (AvgIpc) is 2.46. The number of nitrogens with zero attached hydrogens (tertiary/aromatic N) is 1. The van der Waals surface area contributed by atoms with Crippen molar-refractivity contribution in [2.45, 2.75) is 0 Å². The smallest absolute Gasteiger partial charge is 0.212 e. The van der Waals surface area contributed by atoms with Gasteiger partial charge < -0.3 is 4.74 Å². The Kier molecular flexibility index (Phi) is 4.03. The summed E-state index contributed by atoms with van der Waals surface area (Å²) < 4.78 is 18.3. The molecule has 0 aliphatic heterocycles. The highest BCUT2D eigenvalue weighted by Gasteiger charge is 2.06. The topological polar surface area (TPSA) is 39.2 Å². The van der Waals surface area contributed by atoms with Gasteiger partial charge >= 0.3 is 0 Å². The number of hydrogen-bond donors (Lipinski definition) is 0. The summed E-state index contributed by atoms with van der Waals surface area (Å²) >= 11 is 0. The number of rotatable bonds is 4. The molecule has 0 saturated carbocycles. The molecule has 0 unspecified atom stereocenters. The van der Waals surface area contributed by atoms with Crippen molar-refractivity contribution in [1.29, 1.82) is 0 Å². The quantitative estimate of drug-likeness (QED) is 0.624. The molecule has 3 nitrogen and oxygen atoms in total. The molecule has 96 valence electrons. The van der Waals surface area contributed by atoms with Crippen LogP contribution in [0.3, 0.4) is 0 Å². The van der Waals surface area contributed by atoms with Crippen LogP contribution in [0.2, 0.25) is 0 Å². The molecule has 0 atom stereocenters. The van der Waals surface area contributed by atoms with Gasteiger partial charge in [-0.15, -0.1) is 0 Å². The second kappa shape index (κ2) is 5.91. The molecule has 0 radical (unpaired) electrons. The fraction of sp³-hybridized carbons (Fsp3) is 0.0667. The fourth-order valence-corrected chi connectivity index (χ4v) is 1.53. The van der Waals surface area contributed by atoms with E-state index in [1.165, 1.54) is 25.3 Å². The molecule has 0 fully saturated rings. The third-order valence-corrected chi connectivity index (χ3v) is 2.53. The molecule has 1 heterocycles. The Morgan fingerprint density at radius 3 is 2.68 bits per heavy atom. The third kappa shape index (κ3) is 3.25. The molecule has 2 aromatic rings. The number of hydrogen-bond acceptors (Lipinski definition) is 3. The normalized spacial score (nSPS) is 10.6. The summed E-state index contributed by atoms with van der Waals surface area (Å²) in [7, 11) is 1.53. The van der Waals surface area contributed by atoms with E-state index in [-0.39, 0.29) is 11.3 Å². The second-order valence-corrected chi connectivity index (χ2v) is 3.81. The Morgan fingerprint density at radius 2 is 2.05 bits per heavy atom. The maximum Gasteiger partial charge on any atom is 0.212 e. The van der Waals surface area contributed by atoms with Gasteiger partial charge in [0.05, 0.1) is 12.7 Å². The lowest BCUT2D eigenvalue weighted by molar-refractivity contribution is 0.104.